The fourth-order valence-corrected chi connectivity index (χ4v) is 1.78. The fraction of sp³-hybridized carbons (Fsp3) is 0.200. The van der Waals surface area contributed by atoms with Gasteiger partial charge in [0.1, 0.15) is 4.32 Å². The molecular formula is C5H4Br2N2S2. The van der Waals surface area contributed by atoms with E-state index in [1.54, 1.807) is 6.19 Å². The van der Waals surface area contributed by atoms with E-state index in [0.717, 1.165) is 9.14 Å². The predicted molar refractivity (Wildman–Crippen MR) is 59.7 cm³/mol. The van der Waals surface area contributed by atoms with Gasteiger partial charge >= 0.3 is 0 Å². The van der Waals surface area contributed by atoms with Crippen LogP contribution in [0.1, 0.15) is 0 Å². The highest BCUT2D eigenvalue weighted by Gasteiger charge is 1.92. The molecule has 0 aliphatic rings. The van der Waals surface area contributed by atoms with E-state index in [1.165, 1.54) is 11.8 Å². The van der Waals surface area contributed by atoms with Crippen molar-refractivity contribution in [2.24, 2.45) is 0 Å². The van der Waals surface area contributed by atoms with Gasteiger partial charge in [-0.05, 0) is 31.9 Å². The van der Waals surface area contributed by atoms with Crippen molar-refractivity contribution in [1.82, 2.24) is 5.32 Å². The molecule has 0 spiro atoms. The first-order valence-corrected chi connectivity index (χ1v) is 5.48. The third-order valence-corrected chi connectivity index (χ3v) is 2.41. The van der Waals surface area contributed by atoms with Crippen LogP contribution in [0.3, 0.4) is 0 Å². The van der Waals surface area contributed by atoms with Crippen LogP contribution in [-0.4, -0.2) is 10.1 Å². The van der Waals surface area contributed by atoms with Gasteiger partial charge in [0.25, 0.3) is 0 Å². The Kier molecular flexibility index (Phi) is 7.38. The second-order valence-electron chi connectivity index (χ2n) is 1.33. The van der Waals surface area contributed by atoms with Crippen LogP contribution in [0, 0.1) is 11.5 Å². The molecule has 1 N–H and O–H groups in total. The summed E-state index contributed by atoms with van der Waals surface area (Å²) < 4.78 is 1.38. The topological polar surface area (TPSA) is 35.8 Å². The SMILES string of the molecule is N#CNC(=S)SCC=C(Br)Br. The van der Waals surface area contributed by atoms with E-state index >= 15 is 0 Å². The highest BCUT2D eigenvalue weighted by molar-refractivity contribution is 9.28. The van der Waals surface area contributed by atoms with Gasteiger partial charge in [0.15, 0.2) is 6.19 Å². The Labute approximate surface area is 91.7 Å². The minimum atomic E-state index is 0.491. The van der Waals surface area contributed by atoms with Crippen molar-refractivity contribution in [2.75, 3.05) is 5.75 Å². The van der Waals surface area contributed by atoms with Gasteiger partial charge in [-0.15, -0.1) is 0 Å². The van der Waals surface area contributed by atoms with Crippen LogP contribution in [0.5, 0.6) is 0 Å². The molecule has 0 saturated carbocycles. The summed E-state index contributed by atoms with van der Waals surface area (Å²) in [7, 11) is 0. The summed E-state index contributed by atoms with van der Waals surface area (Å²) in [6.07, 6.45) is 3.65. The minimum Gasteiger partial charge on any atom is -0.278 e. The lowest BCUT2D eigenvalue weighted by atomic mass is 10.8. The molecule has 60 valence electrons. The largest absolute Gasteiger partial charge is 0.278 e. The number of thioether (sulfide) groups is 1. The molecule has 0 atom stereocenters. The average Bonchev–Trinajstić information content (AvgIpc) is 1.87. The van der Waals surface area contributed by atoms with Crippen LogP contribution >= 0.6 is 55.8 Å². The Morgan fingerprint density at radius 1 is 1.73 bits per heavy atom. The van der Waals surface area contributed by atoms with Crippen molar-refractivity contribution in [3.63, 3.8) is 0 Å². The van der Waals surface area contributed by atoms with Gasteiger partial charge in [-0.1, -0.05) is 30.1 Å². The maximum Gasteiger partial charge on any atom is 0.182 e. The number of halogens is 2. The van der Waals surface area contributed by atoms with E-state index in [4.69, 9.17) is 17.5 Å². The molecule has 6 heteroatoms. The minimum absolute atomic E-state index is 0.491. The van der Waals surface area contributed by atoms with Crippen LogP contribution < -0.4 is 5.32 Å². The lowest BCUT2D eigenvalue weighted by Gasteiger charge is -1.94. The summed E-state index contributed by atoms with van der Waals surface area (Å²) in [5.74, 6) is 0.735. The molecule has 0 radical (unpaired) electrons. The van der Waals surface area contributed by atoms with Gasteiger partial charge < -0.3 is 0 Å². The van der Waals surface area contributed by atoms with Gasteiger partial charge in [0.2, 0.25) is 0 Å². The van der Waals surface area contributed by atoms with Crippen LogP contribution in [-0.2, 0) is 0 Å². The summed E-state index contributed by atoms with van der Waals surface area (Å²) in [4.78, 5) is 0. The van der Waals surface area contributed by atoms with E-state index in [9.17, 15) is 0 Å². The molecule has 0 aromatic heterocycles. The van der Waals surface area contributed by atoms with E-state index in [-0.39, 0.29) is 0 Å². The summed E-state index contributed by atoms with van der Waals surface area (Å²) in [5.41, 5.74) is 0. The molecule has 0 saturated heterocycles. The Morgan fingerprint density at radius 2 is 2.36 bits per heavy atom. The Hall–Kier alpha value is 0.430. The standard InChI is InChI=1S/C5H4Br2N2S2/c6-4(7)1-2-11-5(10)9-3-8/h1H,2H2,(H,9,10). The highest BCUT2D eigenvalue weighted by atomic mass is 79.9. The van der Waals surface area contributed by atoms with Crippen molar-refractivity contribution < 1.29 is 0 Å². The van der Waals surface area contributed by atoms with Crippen LogP contribution in [0.25, 0.3) is 0 Å². The normalized spacial score (nSPS) is 8.09. The van der Waals surface area contributed by atoms with E-state index in [0.29, 0.717) is 4.32 Å². The first-order chi connectivity index (χ1) is 5.16. The first-order valence-electron chi connectivity index (χ1n) is 2.50. The molecule has 0 amide bonds. The van der Waals surface area contributed by atoms with E-state index in [2.05, 4.69) is 37.2 Å². The number of nitriles is 1. The number of hydrogen-bond acceptors (Lipinski definition) is 3. The number of hydrogen-bond donors (Lipinski definition) is 1. The van der Waals surface area contributed by atoms with Gasteiger partial charge in [-0.25, -0.2) is 0 Å². The van der Waals surface area contributed by atoms with Crippen molar-refractivity contribution in [1.29, 1.82) is 5.26 Å². The van der Waals surface area contributed by atoms with Gasteiger partial charge in [0, 0.05) is 5.75 Å². The molecule has 0 aromatic rings. The third-order valence-electron chi connectivity index (χ3n) is 0.610. The quantitative estimate of drug-likeness (QED) is 0.483. The summed E-state index contributed by atoms with van der Waals surface area (Å²) in [5, 5.41) is 10.5. The molecule has 0 heterocycles. The number of rotatable bonds is 2. The molecule has 2 nitrogen and oxygen atoms in total. The first kappa shape index (κ1) is 11.4. The molecule has 0 fully saturated rings. The molecule has 0 aliphatic heterocycles. The molecular weight excluding hydrogens is 312 g/mol. The second kappa shape index (κ2) is 7.10. The number of nitrogens with one attached hydrogen (secondary N) is 1. The zero-order valence-electron chi connectivity index (χ0n) is 5.30. The molecule has 0 aliphatic carbocycles. The van der Waals surface area contributed by atoms with Crippen LogP contribution in [0.4, 0.5) is 0 Å². The molecule has 0 unspecified atom stereocenters. The molecule has 11 heavy (non-hydrogen) atoms. The fourth-order valence-electron chi connectivity index (χ4n) is 0.262. The monoisotopic (exact) mass is 314 g/mol. The van der Waals surface area contributed by atoms with Gasteiger partial charge in [-0.2, -0.15) is 5.26 Å². The van der Waals surface area contributed by atoms with Crippen molar-refractivity contribution in [3.8, 4) is 6.19 Å². The second-order valence-corrected chi connectivity index (χ2v) is 5.80. The number of nitrogens with zero attached hydrogens (tertiary/aromatic N) is 1. The Bertz CT molecular complexity index is 205. The summed E-state index contributed by atoms with van der Waals surface area (Å²) in [6, 6.07) is 0. The molecule has 0 aromatic carbocycles. The smallest absolute Gasteiger partial charge is 0.182 e. The number of thiocarbonyl (C=S) groups is 1. The Balaban J connectivity index is 3.49. The molecule has 0 rings (SSSR count). The van der Waals surface area contributed by atoms with E-state index < -0.39 is 0 Å². The van der Waals surface area contributed by atoms with Crippen molar-refractivity contribution in [2.45, 2.75) is 0 Å². The van der Waals surface area contributed by atoms with Crippen molar-refractivity contribution >= 4 is 60.2 Å². The average molecular weight is 316 g/mol. The maximum absolute atomic E-state index is 8.15. The summed E-state index contributed by atoms with van der Waals surface area (Å²) >= 11 is 12.6. The zero-order chi connectivity index (χ0) is 8.69. The lowest BCUT2D eigenvalue weighted by molar-refractivity contribution is 1.31. The summed E-state index contributed by atoms with van der Waals surface area (Å²) in [6.45, 7) is 0. The molecule has 0 bridgehead atoms. The highest BCUT2D eigenvalue weighted by Crippen LogP contribution is 2.14. The maximum atomic E-state index is 8.15. The van der Waals surface area contributed by atoms with Crippen LogP contribution in [0.2, 0.25) is 0 Å². The van der Waals surface area contributed by atoms with Crippen LogP contribution in [0.15, 0.2) is 9.47 Å². The zero-order valence-corrected chi connectivity index (χ0v) is 10.1. The van der Waals surface area contributed by atoms with Gasteiger partial charge in [0.05, 0.1) is 3.39 Å². The van der Waals surface area contributed by atoms with E-state index in [1.807, 2.05) is 6.08 Å². The third kappa shape index (κ3) is 8.34. The predicted octanol–water partition coefficient (Wildman–Crippen LogP) is 2.71. The lowest BCUT2D eigenvalue weighted by Crippen LogP contribution is -2.10. The van der Waals surface area contributed by atoms with Crippen molar-refractivity contribution in [3.05, 3.63) is 9.47 Å². The Morgan fingerprint density at radius 3 is 2.82 bits per heavy atom. The van der Waals surface area contributed by atoms with Gasteiger partial charge in [-0.3, -0.25) is 5.32 Å².